The molecule has 1 aromatic rings. The first-order valence-electron chi connectivity index (χ1n) is 7.87. The summed E-state index contributed by atoms with van der Waals surface area (Å²) >= 11 is 0. The van der Waals surface area contributed by atoms with Crippen molar-refractivity contribution in [3.05, 3.63) is 29.8 Å². The Balaban J connectivity index is 2.46. The van der Waals surface area contributed by atoms with Gasteiger partial charge in [0, 0.05) is 12.2 Å². The van der Waals surface area contributed by atoms with Crippen molar-refractivity contribution in [2.45, 2.75) is 46.1 Å². The standard InChI is InChI=1S/C17H26N2O3/c1-4-12-7-9-14(10-8-12)19-17(22)16(21)18-11-15(20)13(5-2)6-3/h7-10,13,15,20H,4-6,11H2,1-3H3,(H,18,21)(H,19,22). The van der Waals surface area contributed by atoms with E-state index in [-0.39, 0.29) is 12.5 Å². The monoisotopic (exact) mass is 306 g/mol. The van der Waals surface area contributed by atoms with Crippen LogP contribution in [0.5, 0.6) is 0 Å². The Kier molecular flexibility index (Phi) is 7.60. The average Bonchev–Trinajstić information content (AvgIpc) is 2.54. The molecule has 1 rings (SSSR count). The van der Waals surface area contributed by atoms with Gasteiger partial charge < -0.3 is 15.7 Å². The Labute approximate surface area is 132 Å². The Morgan fingerprint density at radius 2 is 1.64 bits per heavy atom. The van der Waals surface area contributed by atoms with Gasteiger partial charge in [-0.1, -0.05) is 45.7 Å². The van der Waals surface area contributed by atoms with Crippen molar-refractivity contribution < 1.29 is 14.7 Å². The van der Waals surface area contributed by atoms with Crippen LogP contribution in [-0.4, -0.2) is 29.6 Å². The highest BCUT2D eigenvalue weighted by atomic mass is 16.3. The lowest BCUT2D eigenvalue weighted by Crippen LogP contribution is -2.41. The predicted octanol–water partition coefficient (Wildman–Crippen LogP) is 2.10. The van der Waals surface area contributed by atoms with Crippen LogP contribution in [0, 0.1) is 5.92 Å². The number of rotatable bonds is 7. The quantitative estimate of drug-likeness (QED) is 0.675. The molecular formula is C17H26N2O3. The number of anilines is 1. The molecule has 0 saturated carbocycles. The molecule has 5 heteroatoms. The molecule has 0 aliphatic rings. The van der Waals surface area contributed by atoms with Gasteiger partial charge in [-0.25, -0.2) is 0 Å². The fraction of sp³-hybridized carbons (Fsp3) is 0.529. The maximum absolute atomic E-state index is 11.8. The molecule has 0 fully saturated rings. The molecule has 0 spiro atoms. The van der Waals surface area contributed by atoms with Crippen LogP contribution < -0.4 is 10.6 Å². The molecular weight excluding hydrogens is 280 g/mol. The highest BCUT2D eigenvalue weighted by Crippen LogP contribution is 2.12. The molecule has 122 valence electrons. The number of aliphatic hydroxyl groups is 1. The number of hydrogen-bond donors (Lipinski definition) is 3. The summed E-state index contributed by atoms with van der Waals surface area (Å²) in [4.78, 5) is 23.5. The summed E-state index contributed by atoms with van der Waals surface area (Å²) < 4.78 is 0. The van der Waals surface area contributed by atoms with Crippen molar-refractivity contribution in [3.8, 4) is 0 Å². The second-order valence-electron chi connectivity index (χ2n) is 5.36. The summed E-state index contributed by atoms with van der Waals surface area (Å²) in [7, 11) is 0. The normalized spacial score (nSPS) is 12.0. The van der Waals surface area contributed by atoms with Crippen LogP contribution in [0.3, 0.4) is 0 Å². The second kappa shape index (κ2) is 9.20. The fourth-order valence-corrected chi connectivity index (χ4v) is 2.29. The number of amides is 2. The van der Waals surface area contributed by atoms with E-state index in [2.05, 4.69) is 10.6 Å². The molecule has 0 radical (unpaired) electrons. The molecule has 0 saturated heterocycles. The number of carbonyl (C=O) groups excluding carboxylic acids is 2. The number of benzene rings is 1. The van der Waals surface area contributed by atoms with E-state index in [1.54, 1.807) is 12.1 Å². The van der Waals surface area contributed by atoms with Gasteiger partial charge in [-0.2, -0.15) is 0 Å². The van der Waals surface area contributed by atoms with Crippen LogP contribution in [0.4, 0.5) is 5.69 Å². The number of aliphatic hydroxyl groups excluding tert-OH is 1. The van der Waals surface area contributed by atoms with Crippen LogP contribution in [0.2, 0.25) is 0 Å². The molecule has 0 bridgehead atoms. The zero-order valence-corrected chi connectivity index (χ0v) is 13.6. The molecule has 1 unspecified atom stereocenters. The summed E-state index contributed by atoms with van der Waals surface area (Å²) in [6.07, 6.45) is 1.96. The van der Waals surface area contributed by atoms with Crippen LogP contribution in [0.25, 0.3) is 0 Å². The molecule has 2 amide bonds. The van der Waals surface area contributed by atoms with Crippen molar-refractivity contribution in [2.75, 3.05) is 11.9 Å². The van der Waals surface area contributed by atoms with Crippen molar-refractivity contribution in [1.29, 1.82) is 0 Å². The largest absolute Gasteiger partial charge is 0.391 e. The van der Waals surface area contributed by atoms with E-state index in [1.165, 1.54) is 0 Å². The van der Waals surface area contributed by atoms with E-state index in [9.17, 15) is 14.7 Å². The topological polar surface area (TPSA) is 78.4 Å². The minimum Gasteiger partial charge on any atom is -0.391 e. The smallest absolute Gasteiger partial charge is 0.313 e. The molecule has 0 aliphatic heterocycles. The Bertz CT molecular complexity index is 481. The molecule has 0 aliphatic carbocycles. The number of carbonyl (C=O) groups is 2. The van der Waals surface area contributed by atoms with Crippen molar-refractivity contribution in [2.24, 2.45) is 5.92 Å². The highest BCUT2D eigenvalue weighted by molar-refractivity contribution is 6.39. The Morgan fingerprint density at radius 3 is 2.14 bits per heavy atom. The summed E-state index contributed by atoms with van der Waals surface area (Å²) in [5, 5.41) is 15.0. The molecule has 1 aromatic carbocycles. The summed E-state index contributed by atoms with van der Waals surface area (Å²) in [5.41, 5.74) is 1.74. The Hall–Kier alpha value is -1.88. The van der Waals surface area contributed by atoms with Gasteiger partial charge in [0.2, 0.25) is 0 Å². The first kappa shape index (κ1) is 18.2. The van der Waals surface area contributed by atoms with Gasteiger partial charge in [-0.05, 0) is 30.0 Å². The molecule has 3 N–H and O–H groups in total. The highest BCUT2D eigenvalue weighted by Gasteiger charge is 2.19. The Morgan fingerprint density at radius 1 is 1.05 bits per heavy atom. The lowest BCUT2D eigenvalue weighted by molar-refractivity contribution is -0.136. The van der Waals surface area contributed by atoms with Gasteiger partial charge in [0.25, 0.3) is 0 Å². The van der Waals surface area contributed by atoms with E-state index < -0.39 is 17.9 Å². The number of hydrogen-bond acceptors (Lipinski definition) is 3. The molecule has 22 heavy (non-hydrogen) atoms. The summed E-state index contributed by atoms with van der Waals surface area (Å²) in [6.45, 7) is 6.12. The average molecular weight is 306 g/mol. The van der Waals surface area contributed by atoms with Crippen LogP contribution >= 0.6 is 0 Å². The fourth-order valence-electron chi connectivity index (χ4n) is 2.29. The van der Waals surface area contributed by atoms with E-state index in [4.69, 9.17) is 0 Å². The van der Waals surface area contributed by atoms with E-state index >= 15 is 0 Å². The van der Waals surface area contributed by atoms with Crippen molar-refractivity contribution >= 4 is 17.5 Å². The first-order chi connectivity index (χ1) is 10.5. The van der Waals surface area contributed by atoms with Gasteiger partial charge >= 0.3 is 11.8 Å². The van der Waals surface area contributed by atoms with E-state index in [0.29, 0.717) is 5.69 Å². The van der Waals surface area contributed by atoms with Crippen LogP contribution in [0.15, 0.2) is 24.3 Å². The third-order valence-electron chi connectivity index (χ3n) is 3.89. The minimum atomic E-state index is -0.732. The predicted molar refractivity (Wildman–Crippen MR) is 87.5 cm³/mol. The van der Waals surface area contributed by atoms with Gasteiger partial charge in [0.05, 0.1) is 6.10 Å². The lowest BCUT2D eigenvalue weighted by atomic mass is 9.96. The lowest BCUT2D eigenvalue weighted by Gasteiger charge is -2.20. The zero-order chi connectivity index (χ0) is 16.5. The molecule has 0 aromatic heterocycles. The SMILES string of the molecule is CCc1ccc(NC(=O)C(=O)NCC(O)C(CC)CC)cc1. The third-order valence-corrected chi connectivity index (χ3v) is 3.89. The summed E-state index contributed by atoms with van der Waals surface area (Å²) in [6, 6.07) is 7.35. The number of aryl methyl sites for hydroxylation is 1. The molecule has 5 nitrogen and oxygen atoms in total. The van der Waals surface area contributed by atoms with E-state index in [1.807, 2.05) is 32.9 Å². The first-order valence-corrected chi connectivity index (χ1v) is 7.87. The van der Waals surface area contributed by atoms with Crippen molar-refractivity contribution in [1.82, 2.24) is 5.32 Å². The maximum atomic E-state index is 11.8. The third kappa shape index (κ3) is 5.48. The van der Waals surface area contributed by atoms with Gasteiger partial charge in [-0.3, -0.25) is 9.59 Å². The minimum absolute atomic E-state index is 0.0906. The van der Waals surface area contributed by atoms with E-state index in [0.717, 1.165) is 24.8 Å². The maximum Gasteiger partial charge on any atom is 0.313 e. The molecule has 0 heterocycles. The van der Waals surface area contributed by atoms with Crippen LogP contribution in [-0.2, 0) is 16.0 Å². The molecule has 1 atom stereocenters. The zero-order valence-electron chi connectivity index (χ0n) is 13.6. The van der Waals surface area contributed by atoms with Gasteiger partial charge in [-0.15, -0.1) is 0 Å². The van der Waals surface area contributed by atoms with Crippen LogP contribution in [0.1, 0.15) is 39.2 Å². The second-order valence-corrected chi connectivity index (χ2v) is 5.36. The van der Waals surface area contributed by atoms with Crippen molar-refractivity contribution in [3.63, 3.8) is 0 Å². The van der Waals surface area contributed by atoms with Gasteiger partial charge in [0.15, 0.2) is 0 Å². The summed E-state index contributed by atoms with van der Waals surface area (Å²) in [5.74, 6) is -1.32. The van der Waals surface area contributed by atoms with Gasteiger partial charge in [0.1, 0.15) is 0 Å². The number of nitrogens with one attached hydrogen (secondary N) is 2.